The van der Waals surface area contributed by atoms with Gasteiger partial charge in [-0.1, -0.05) is 30.0 Å². The third kappa shape index (κ3) is 5.32. The van der Waals surface area contributed by atoms with Crippen LogP contribution in [0.5, 0.6) is 0 Å². The van der Waals surface area contributed by atoms with Crippen LogP contribution in [0.4, 0.5) is 5.82 Å². The molecule has 0 saturated carbocycles. The summed E-state index contributed by atoms with van der Waals surface area (Å²) in [5.41, 5.74) is 0.616. The number of hydrogen-bond acceptors (Lipinski definition) is 8. The van der Waals surface area contributed by atoms with Crippen molar-refractivity contribution in [2.24, 2.45) is 0 Å². The number of methoxy groups -OCH3 is 1. The van der Waals surface area contributed by atoms with Crippen LogP contribution >= 0.6 is 24.0 Å². The predicted molar refractivity (Wildman–Crippen MR) is 133 cm³/mol. The number of amides is 1. The summed E-state index contributed by atoms with van der Waals surface area (Å²) in [6.07, 6.45) is 10.2. The molecule has 1 amide bonds. The number of pyridine rings is 1. The van der Waals surface area contributed by atoms with Crippen LogP contribution in [0.25, 0.3) is 11.7 Å². The number of ether oxygens (including phenoxy) is 1. The zero-order valence-electron chi connectivity index (χ0n) is 18.1. The quantitative estimate of drug-likeness (QED) is 0.267. The standard InChI is InChI=1S/C22H24N6O3S2/c1-31-13-5-11-28-21(30)17(33-22(28)32)14-16-19(24-7-4-9-26-12-8-23-15-26)25-18-6-2-3-10-27(18)20(16)29/h2-3,6,8,10,12,14-15,24H,4-5,7,9,11,13H2,1H3/b17-14+. The molecule has 4 rings (SSSR count). The van der Waals surface area contributed by atoms with Gasteiger partial charge in [0.25, 0.3) is 11.5 Å². The number of fused-ring (bicyclic) bond motifs is 1. The fourth-order valence-corrected chi connectivity index (χ4v) is 4.74. The van der Waals surface area contributed by atoms with Crippen molar-refractivity contribution in [1.29, 1.82) is 0 Å². The highest BCUT2D eigenvalue weighted by Crippen LogP contribution is 2.33. The molecule has 172 valence electrons. The summed E-state index contributed by atoms with van der Waals surface area (Å²) in [4.78, 5) is 36.9. The normalized spacial score (nSPS) is 15.2. The van der Waals surface area contributed by atoms with E-state index in [-0.39, 0.29) is 11.5 Å². The molecule has 0 aromatic carbocycles. The van der Waals surface area contributed by atoms with Crippen molar-refractivity contribution >= 4 is 51.7 Å². The van der Waals surface area contributed by atoms with Crippen LogP contribution in [0.3, 0.4) is 0 Å². The fraction of sp³-hybridized carbons (Fsp3) is 0.318. The molecule has 3 aromatic rings. The molecule has 0 spiro atoms. The number of nitrogens with zero attached hydrogens (tertiary/aromatic N) is 5. The van der Waals surface area contributed by atoms with E-state index in [2.05, 4.69) is 15.3 Å². The first kappa shape index (κ1) is 23.1. The lowest BCUT2D eigenvalue weighted by atomic mass is 10.2. The van der Waals surface area contributed by atoms with Gasteiger partial charge in [0, 0.05) is 51.9 Å². The Kier molecular flexibility index (Phi) is 7.53. The highest BCUT2D eigenvalue weighted by atomic mass is 32.2. The summed E-state index contributed by atoms with van der Waals surface area (Å²) < 4.78 is 9.01. The topological polar surface area (TPSA) is 93.8 Å². The monoisotopic (exact) mass is 484 g/mol. The van der Waals surface area contributed by atoms with E-state index in [0.29, 0.717) is 52.4 Å². The van der Waals surface area contributed by atoms with Crippen molar-refractivity contribution < 1.29 is 9.53 Å². The second kappa shape index (κ2) is 10.7. The van der Waals surface area contributed by atoms with Gasteiger partial charge in [-0.15, -0.1) is 0 Å². The van der Waals surface area contributed by atoms with Crippen LogP contribution in [0.1, 0.15) is 18.4 Å². The van der Waals surface area contributed by atoms with Crippen molar-refractivity contribution in [2.75, 3.05) is 32.1 Å². The highest BCUT2D eigenvalue weighted by Gasteiger charge is 2.32. The van der Waals surface area contributed by atoms with Gasteiger partial charge in [-0.25, -0.2) is 9.97 Å². The van der Waals surface area contributed by atoms with Crippen molar-refractivity contribution in [3.63, 3.8) is 0 Å². The van der Waals surface area contributed by atoms with Crippen LogP contribution in [0.15, 0.2) is 52.8 Å². The lowest BCUT2D eigenvalue weighted by molar-refractivity contribution is -0.122. The maximum atomic E-state index is 13.3. The largest absolute Gasteiger partial charge is 0.385 e. The molecule has 1 saturated heterocycles. The summed E-state index contributed by atoms with van der Waals surface area (Å²) in [6, 6.07) is 5.37. The molecule has 4 heterocycles. The smallest absolute Gasteiger partial charge is 0.267 e. The molecule has 0 aliphatic carbocycles. The molecule has 0 bridgehead atoms. The average molecular weight is 485 g/mol. The first-order chi connectivity index (χ1) is 16.1. The van der Waals surface area contributed by atoms with E-state index >= 15 is 0 Å². The molecule has 3 aromatic heterocycles. The first-order valence-electron chi connectivity index (χ1n) is 10.5. The second-order valence-corrected chi connectivity index (χ2v) is 9.04. The molecule has 9 nitrogen and oxygen atoms in total. The summed E-state index contributed by atoms with van der Waals surface area (Å²) in [5.74, 6) is 0.242. The van der Waals surface area contributed by atoms with Crippen molar-refractivity contribution in [3.05, 3.63) is 63.9 Å². The van der Waals surface area contributed by atoms with E-state index in [9.17, 15) is 9.59 Å². The van der Waals surface area contributed by atoms with Crippen LogP contribution < -0.4 is 10.9 Å². The molecule has 11 heteroatoms. The first-order valence-corrected chi connectivity index (χ1v) is 11.8. The van der Waals surface area contributed by atoms with Crippen LogP contribution in [-0.4, -0.2) is 60.9 Å². The minimum atomic E-state index is -0.248. The molecule has 1 aliphatic rings. The zero-order chi connectivity index (χ0) is 23.2. The molecular weight excluding hydrogens is 460 g/mol. The Balaban J connectivity index is 1.60. The van der Waals surface area contributed by atoms with Crippen LogP contribution in [0.2, 0.25) is 0 Å². The summed E-state index contributed by atoms with van der Waals surface area (Å²) in [7, 11) is 1.62. The number of nitrogens with one attached hydrogen (secondary N) is 1. The van der Waals surface area contributed by atoms with E-state index in [1.807, 2.05) is 16.8 Å². The van der Waals surface area contributed by atoms with E-state index in [0.717, 1.165) is 13.0 Å². The highest BCUT2D eigenvalue weighted by molar-refractivity contribution is 8.26. The lowest BCUT2D eigenvalue weighted by Crippen LogP contribution is -2.29. The van der Waals surface area contributed by atoms with Gasteiger partial charge >= 0.3 is 0 Å². The SMILES string of the molecule is COCCCN1C(=O)/C(=C\c2c(NCCCn3ccnc3)nc3ccccn3c2=O)SC1=S. The number of thiocarbonyl (C=S) groups is 1. The fourth-order valence-electron chi connectivity index (χ4n) is 3.45. The van der Waals surface area contributed by atoms with Crippen molar-refractivity contribution in [2.45, 2.75) is 19.4 Å². The summed E-state index contributed by atoms with van der Waals surface area (Å²) in [5, 5.41) is 3.28. The number of carbonyl (C=O) groups excluding carboxylic acids is 1. The summed E-state index contributed by atoms with van der Waals surface area (Å²) in [6.45, 7) is 2.41. The van der Waals surface area contributed by atoms with Crippen LogP contribution in [-0.2, 0) is 16.1 Å². The molecular formula is C22H24N6O3S2. The van der Waals surface area contributed by atoms with Gasteiger partial charge in [-0.3, -0.25) is 18.9 Å². The third-order valence-electron chi connectivity index (χ3n) is 5.09. The Hall–Kier alpha value is -3.02. The average Bonchev–Trinajstić information content (AvgIpc) is 3.42. The maximum absolute atomic E-state index is 13.3. The van der Waals surface area contributed by atoms with Gasteiger partial charge in [0.05, 0.1) is 16.8 Å². The number of imidazole rings is 1. The number of rotatable bonds is 10. The Labute approximate surface area is 200 Å². The number of carbonyl (C=O) groups is 1. The summed E-state index contributed by atoms with van der Waals surface area (Å²) >= 11 is 6.59. The molecule has 0 radical (unpaired) electrons. The number of thioether (sulfide) groups is 1. The molecule has 33 heavy (non-hydrogen) atoms. The number of anilines is 1. The van der Waals surface area contributed by atoms with E-state index in [4.69, 9.17) is 17.0 Å². The van der Waals surface area contributed by atoms with Gasteiger partial charge < -0.3 is 14.6 Å². The number of hydrogen-bond donors (Lipinski definition) is 1. The van der Waals surface area contributed by atoms with Gasteiger partial charge in [0.1, 0.15) is 15.8 Å². The molecule has 1 aliphatic heterocycles. The van der Waals surface area contributed by atoms with Gasteiger partial charge in [0.15, 0.2) is 0 Å². The number of aromatic nitrogens is 4. The second-order valence-electron chi connectivity index (χ2n) is 7.37. The van der Waals surface area contributed by atoms with Gasteiger partial charge in [-0.05, 0) is 31.1 Å². The Bertz CT molecular complexity index is 1240. The zero-order valence-corrected chi connectivity index (χ0v) is 19.8. The minimum absolute atomic E-state index is 0.204. The molecule has 1 N–H and O–H groups in total. The van der Waals surface area contributed by atoms with E-state index in [1.165, 1.54) is 16.2 Å². The molecule has 0 unspecified atom stereocenters. The number of aryl methyl sites for hydroxylation is 1. The third-order valence-corrected chi connectivity index (χ3v) is 6.47. The van der Waals surface area contributed by atoms with Gasteiger partial charge in [-0.2, -0.15) is 0 Å². The van der Waals surface area contributed by atoms with Gasteiger partial charge in [0.2, 0.25) is 0 Å². The van der Waals surface area contributed by atoms with E-state index in [1.54, 1.807) is 48.9 Å². The van der Waals surface area contributed by atoms with Crippen molar-refractivity contribution in [1.82, 2.24) is 23.8 Å². The van der Waals surface area contributed by atoms with Crippen molar-refractivity contribution in [3.8, 4) is 0 Å². The Morgan fingerprint density at radius 3 is 2.88 bits per heavy atom. The Morgan fingerprint density at radius 1 is 1.21 bits per heavy atom. The van der Waals surface area contributed by atoms with E-state index < -0.39 is 0 Å². The minimum Gasteiger partial charge on any atom is -0.385 e. The van der Waals surface area contributed by atoms with Crippen LogP contribution in [0, 0.1) is 0 Å². The maximum Gasteiger partial charge on any atom is 0.267 e. The predicted octanol–water partition coefficient (Wildman–Crippen LogP) is 2.63. The Morgan fingerprint density at radius 2 is 2.09 bits per heavy atom. The molecule has 0 atom stereocenters. The lowest BCUT2D eigenvalue weighted by Gasteiger charge is -2.13. The molecule has 1 fully saturated rings.